The summed E-state index contributed by atoms with van der Waals surface area (Å²) in [5, 5.41) is 27.7. The molecule has 0 atom stereocenters. The van der Waals surface area contributed by atoms with Crippen LogP contribution in [0.1, 0.15) is 5.56 Å². The minimum atomic E-state index is -1.51. The molecule has 1 rings (SSSR count). The molecule has 0 spiro atoms. The summed E-state index contributed by atoms with van der Waals surface area (Å²) in [6, 6.07) is 7.29. The number of phenols is 1. The molecule has 1 N–H and O–H groups in total. The molecule has 0 amide bonds. The van der Waals surface area contributed by atoms with E-state index in [2.05, 4.69) is 0 Å². The van der Waals surface area contributed by atoms with E-state index in [-0.39, 0.29) is 24.6 Å². The molecule has 0 aromatic heterocycles. The molecule has 4 nitrogen and oxygen atoms in total. The number of carboxylic acids is 1. The Morgan fingerprint density at radius 2 is 1.93 bits per heavy atom. The van der Waals surface area contributed by atoms with Crippen LogP contribution in [0.2, 0.25) is 0 Å². The van der Waals surface area contributed by atoms with Crippen molar-refractivity contribution in [3.8, 4) is 11.8 Å². The number of nitriles is 1. The predicted octanol–water partition coefficient (Wildman–Crippen LogP) is -2.95. The van der Waals surface area contributed by atoms with Gasteiger partial charge in [-0.05, 0) is 23.8 Å². The molecular formula is C10H6LiNO3. The molecule has 0 aliphatic carbocycles. The van der Waals surface area contributed by atoms with E-state index in [9.17, 15) is 9.90 Å². The number of nitrogens with zero attached hydrogens (tertiary/aromatic N) is 1. The zero-order chi connectivity index (χ0) is 10.6. The molecule has 70 valence electrons. The Kier molecular flexibility index (Phi) is 5.26. The Morgan fingerprint density at radius 3 is 2.33 bits per heavy atom. The zero-order valence-corrected chi connectivity index (χ0v) is 8.10. The molecule has 5 heteroatoms. The second-order valence-electron chi connectivity index (χ2n) is 2.55. The molecule has 1 aromatic carbocycles. The van der Waals surface area contributed by atoms with E-state index in [1.807, 2.05) is 0 Å². The number of aromatic hydroxyl groups is 1. The van der Waals surface area contributed by atoms with E-state index in [0.717, 1.165) is 0 Å². The van der Waals surface area contributed by atoms with Gasteiger partial charge in [0, 0.05) is 0 Å². The quantitative estimate of drug-likeness (QED) is 0.310. The summed E-state index contributed by atoms with van der Waals surface area (Å²) in [7, 11) is 0. The van der Waals surface area contributed by atoms with Crippen molar-refractivity contribution in [1.82, 2.24) is 0 Å². The van der Waals surface area contributed by atoms with Crippen LogP contribution in [0.25, 0.3) is 6.08 Å². The van der Waals surface area contributed by atoms with Crippen LogP contribution in [-0.2, 0) is 4.79 Å². The van der Waals surface area contributed by atoms with Gasteiger partial charge in [0.05, 0.1) is 11.5 Å². The van der Waals surface area contributed by atoms with Crippen molar-refractivity contribution in [2.45, 2.75) is 0 Å². The first-order chi connectivity index (χ1) is 6.63. The van der Waals surface area contributed by atoms with E-state index in [1.165, 1.54) is 36.4 Å². The molecule has 15 heavy (non-hydrogen) atoms. The van der Waals surface area contributed by atoms with Gasteiger partial charge >= 0.3 is 18.9 Å². The van der Waals surface area contributed by atoms with Crippen LogP contribution in [-0.4, -0.2) is 11.1 Å². The summed E-state index contributed by atoms with van der Waals surface area (Å²) in [6.45, 7) is 0. The summed E-state index contributed by atoms with van der Waals surface area (Å²) in [5.74, 6) is -1.44. The van der Waals surface area contributed by atoms with Crippen molar-refractivity contribution in [3.05, 3.63) is 35.4 Å². The topological polar surface area (TPSA) is 84.1 Å². The number of carbonyl (C=O) groups excluding carboxylic acids is 1. The Labute approximate surface area is 98.6 Å². The number of aliphatic carboxylic acids is 1. The number of hydrogen-bond donors (Lipinski definition) is 1. The third-order valence-electron chi connectivity index (χ3n) is 1.54. The molecule has 0 fully saturated rings. The number of hydrogen-bond acceptors (Lipinski definition) is 4. The van der Waals surface area contributed by atoms with Gasteiger partial charge in [0.2, 0.25) is 0 Å². The average molecular weight is 195 g/mol. The SMILES string of the molecule is N#CC(=Cc1ccc(O)cc1)C(=O)[O-].[Li+]. The maximum Gasteiger partial charge on any atom is 1.00 e. The number of carbonyl (C=O) groups is 1. The van der Waals surface area contributed by atoms with E-state index < -0.39 is 11.5 Å². The first-order valence-corrected chi connectivity index (χ1v) is 3.75. The van der Waals surface area contributed by atoms with Gasteiger partial charge in [-0.15, -0.1) is 0 Å². The second-order valence-corrected chi connectivity index (χ2v) is 2.55. The van der Waals surface area contributed by atoms with Crippen LogP contribution in [0, 0.1) is 11.3 Å². The fourth-order valence-corrected chi connectivity index (χ4v) is 0.874. The fraction of sp³-hybridized carbons (Fsp3) is 0. The maximum atomic E-state index is 10.4. The van der Waals surface area contributed by atoms with Gasteiger partial charge in [-0.25, -0.2) is 0 Å². The first kappa shape index (κ1) is 13.3. The van der Waals surface area contributed by atoms with Crippen molar-refractivity contribution in [2.24, 2.45) is 0 Å². The van der Waals surface area contributed by atoms with Gasteiger partial charge in [-0.1, -0.05) is 12.1 Å². The van der Waals surface area contributed by atoms with E-state index in [0.29, 0.717) is 5.56 Å². The van der Waals surface area contributed by atoms with Crippen molar-refractivity contribution >= 4 is 12.0 Å². The van der Waals surface area contributed by atoms with Crippen molar-refractivity contribution in [1.29, 1.82) is 5.26 Å². The largest absolute Gasteiger partial charge is 1.00 e. The number of rotatable bonds is 2. The van der Waals surface area contributed by atoms with Gasteiger partial charge in [-0.3, -0.25) is 0 Å². The Morgan fingerprint density at radius 1 is 1.40 bits per heavy atom. The number of phenolic OH excluding ortho intramolecular Hbond substituents is 1. The van der Waals surface area contributed by atoms with Gasteiger partial charge < -0.3 is 15.0 Å². The molecule has 0 heterocycles. The molecule has 1 aromatic rings. The number of carboxylic acid groups (broad SMARTS) is 1. The number of benzene rings is 1. The molecule has 0 saturated heterocycles. The predicted molar refractivity (Wildman–Crippen MR) is 46.7 cm³/mol. The molecule has 0 bridgehead atoms. The third-order valence-corrected chi connectivity index (χ3v) is 1.54. The Balaban J connectivity index is 0.00000196. The van der Waals surface area contributed by atoms with Crippen LogP contribution in [0.3, 0.4) is 0 Å². The Bertz CT molecular complexity index is 417. The van der Waals surface area contributed by atoms with Crippen molar-refractivity contribution in [3.63, 3.8) is 0 Å². The molecule has 0 aliphatic rings. The molecule has 0 saturated carbocycles. The van der Waals surface area contributed by atoms with Crippen LogP contribution in [0.4, 0.5) is 0 Å². The minimum Gasteiger partial charge on any atom is -0.544 e. The monoisotopic (exact) mass is 195 g/mol. The van der Waals surface area contributed by atoms with E-state index >= 15 is 0 Å². The van der Waals surface area contributed by atoms with Crippen LogP contribution >= 0.6 is 0 Å². The van der Waals surface area contributed by atoms with Gasteiger partial charge in [-0.2, -0.15) is 5.26 Å². The summed E-state index contributed by atoms with van der Waals surface area (Å²) < 4.78 is 0. The minimum absolute atomic E-state index is 0. The maximum absolute atomic E-state index is 10.4. The van der Waals surface area contributed by atoms with Gasteiger partial charge in [0.1, 0.15) is 11.8 Å². The summed E-state index contributed by atoms with van der Waals surface area (Å²) in [5.41, 5.74) is 0.0687. The van der Waals surface area contributed by atoms with Gasteiger partial charge in [0.25, 0.3) is 0 Å². The zero-order valence-electron chi connectivity index (χ0n) is 8.10. The Hall–Kier alpha value is -1.68. The summed E-state index contributed by atoms with van der Waals surface area (Å²) in [6.07, 6.45) is 1.18. The normalized spacial score (nSPS) is 9.93. The molecular weight excluding hydrogens is 189 g/mol. The van der Waals surface area contributed by atoms with Crippen molar-refractivity contribution < 1.29 is 33.9 Å². The van der Waals surface area contributed by atoms with Crippen LogP contribution < -0.4 is 24.0 Å². The average Bonchev–Trinajstić information content (AvgIpc) is 2.16. The first-order valence-electron chi connectivity index (χ1n) is 3.75. The van der Waals surface area contributed by atoms with Crippen molar-refractivity contribution in [2.75, 3.05) is 0 Å². The smallest absolute Gasteiger partial charge is 0.544 e. The summed E-state index contributed by atoms with van der Waals surface area (Å²) >= 11 is 0. The molecule has 0 aliphatic heterocycles. The van der Waals surface area contributed by atoms with E-state index in [4.69, 9.17) is 10.4 Å². The third kappa shape index (κ3) is 3.91. The second kappa shape index (κ2) is 5.93. The molecule has 0 radical (unpaired) electrons. The van der Waals surface area contributed by atoms with E-state index in [1.54, 1.807) is 0 Å². The standard InChI is InChI=1S/C10H7NO3.Li/c11-6-8(10(13)14)5-7-1-3-9(12)4-2-7;/h1-5,12H,(H,13,14);/q;+1/p-1. The summed E-state index contributed by atoms with van der Waals surface area (Å²) in [4.78, 5) is 10.4. The molecule has 0 unspecified atom stereocenters. The van der Waals surface area contributed by atoms with Crippen LogP contribution in [0.5, 0.6) is 5.75 Å². The van der Waals surface area contributed by atoms with Crippen LogP contribution in [0.15, 0.2) is 29.8 Å². The fourth-order valence-electron chi connectivity index (χ4n) is 0.874. The van der Waals surface area contributed by atoms with Gasteiger partial charge in [0.15, 0.2) is 0 Å².